The number of hydrogen-bond donors (Lipinski definition) is 1. The Balaban J connectivity index is 2.00. The summed E-state index contributed by atoms with van der Waals surface area (Å²) in [4.78, 5) is 2.51. The predicted molar refractivity (Wildman–Crippen MR) is 103 cm³/mol. The quantitative estimate of drug-likeness (QED) is 0.826. The van der Waals surface area contributed by atoms with Crippen LogP contribution >= 0.6 is 0 Å². The monoisotopic (exact) mass is 356 g/mol. The highest BCUT2D eigenvalue weighted by molar-refractivity contribution is 5.46. The van der Waals surface area contributed by atoms with Gasteiger partial charge >= 0.3 is 0 Å². The molecule has 26 heavy (non-hydrogen) atoms. The molecule has 1 unspecified atom stereocenters. The number of methoxy groups -OCH3 is 2. The first-order valence-corrected chi connectivity index (χ1v) is 9.16. The molecule has 0 amide bonds. The van der Waals surface area contributed by atoms with Crippen LogP contribution in [0.15, 0.2) is 42.5 Å². The van der Waals surface area contributed by atoms with Gasteiger partial charge in [-0.3, -0.25) is 4.90 Å². The van der Waals surface area contributed by atoms with Crippen LogP contribution in [0.25, 0.3) is 0 Å². The molecule has 0 aromatic heterocycles. The molecule has 1 aliphatic heterocycles. The maximum absolute atomic E-state index is 5.80. The summed E-state index contributed by atoms with van der Waals surface area (Å²) in [6, 6.07) is 14.8. The standard InChI is InChI=1S/C21H28N2O3/c1-4-26-20-15-17(7-10-19(20)25-3)21(23-13-11-22-12-14-23)16-5-8-18(24-2)9-6-16/h5-10,15,21-22H,4,11-14H2,1-3H3. The summed E-state index contributed by atoms with van der Waals surface area (Å²) in [5, 5.41) is 3.43. The molecule has 5 heteroatoms. The zero-order valence-corrected chi connectivity index (χ0v) is 15.8. The van der Waals surface area contributed by atoms with Crippen molar-refractivity contribution >= 4 is 0 Å². The van der Waals surface area contributed by atoms with Gasteiger partial charge in [0.05, 0.1) is 26.9 Å². The van der Waals surface area contributed by atoms with E-state index in [2.05, 4.69) is 34.5 Å². The second-order valence-corrected chi connectivity index (χ2v) is 6.30. The molecule has 1 heterocycles. The van der Waals surface area contributed by atoms with E-state index in [1.54, 1.807) is 14.2 Å². The Bertz CT molecular complexity index is 697. The summed E-state index contributed by atoms with van der Waals surface area (Å²) in [6.45, 7) is 6.62. The predicted octanol–water partition coefficient (Wildman–Crippen LogP) is 3.10. The van der Waals surface area contributed by atoms with Crippen molar-refractivity contribution in [1.29, 1.82) is 0 Å². The van der Waals surface area contributed by atoms with Gasteiger partial charge in [0, 0.05) is 26.2 Å². The minimum atomic E-state index is 0.174. The minimum absolute atomic E-state index is 0.174. The number of hydrogen-bond acceptors (Lipinski definition) is 5. The zero-order valence-electron chi connectivity index (χ0n) is 15.8. The normalized spacial score (nSPS) is 16.1. The Morgan fingerprint density at radius 1 is 0.923 bits per heavy atom. The average Bonchev–Trinajstić information content (AvgIpc) is 2.70. The minimum Gasteiger partial charge on any atom is -0.497 e. The first-order valence-electron chi connectivity index (χ1n) is 9.16. The van der Waals surface area contributed by atoms with Gasteiger partial charge in [-0.15, -0.1) is 0 Å². The maximum Gasteiger partial charge on any atom is 0.161 e. The molecule has 5 nitrogen and oxygen atoms in total. The van der Waals surface area contributed by atoms with Crippen molar-refractivity contribution in [2.75, 3.05) is 47.0 Å². The zero-order chi connectivity index (χ0) is 18.4. The lowest BCUT2D eigenvalue weighted by atomic mass is 9.96. The molecule has 2 aromatic rings. The Labute approximate surface area is 155 Å². The highest BCUT2D eigenvalue weighted by Crippen LogP contribution is 2.36. The van der Waals surface area contributed by atoms with Crippen LogP contribution in [0, 0.1) is 0 Å². The summed E-state index contributed by atoms with van der Waals surface area (Å²) < 4.78 is 16.6. The molecule has 0 radical (unpaired) electrons. The molecule has 140 valence electrons. The summed E-state index contributed by atoms with van der Waals surface area (Å²) in [5.74, 6) is 2.43. The van der Waals surface area contributed by atoms with E-state index in [4.69, 9.17) is 14.2 Å². The number of nitrogens with one attached hydrogen (secondary N) is 1. The fourth-order valence-corrected chi connectivity index (χ4v) is 3.47. The van der Waals surface area contributed by atoms with E-state index in [1.165, 1.54) is 11.1 Å². The smallest absolute Gasteiger partial charge is 0.161 e. The molecule has 0 aliphatic carbocycles. The van der Waals surface area contributed by atoms with Crippen molar-refractivity contribution in [3.05, 3.63) is 53.6 Å². The van der Waals surface area contributed by atoms with Crippen LogP contribution in [-0.4, -0.2) is 51.9 Å². The Morgan fingerprint density at radius 3 is 2.23 bits per heavy atom. The lowest BCUT2D eigenvalue weighted by molar-refractivity contribution is 0.198. The van der Waals surface area contributed by atoms with Crippen molar-refractivity contribution < 1.29 is 14.2 Å². The molecule has 1 fully saturated rings. The number of rotatable bonds is 7. The van der Waals surface area contributed by atoms with Crippen molar-refractivity contribution in [1.82, 2.24) is 10.2 Å². The van der Waals surface area contributed by atoms with Crippen LogP contribution in [0.2, 0.25) is 0 Å². The summed E-state index contributed by atoms with van der Waals surface area (Å²) >= 11 is 0. The molecule has 1 aliphatic rings. The van der Waals surface area contributed by atoms with Gasteiger partial charge < -0.3 is 19.5 Å². The van der Waals surface area contributed by atoms with Gasteiger partial charge in [-0.1, -0.05) is 18.2 Å². The fourth-order valence-electron chi connectivity index (χ4n) is 3.47. The number of nitrogens with zero attached hydrogens (tertiary/aromatic N) is 1. The highest BCUT2D eigenvalue weighted by Gasteiger charge is 2.25. The molecular formula is C21H28N2O3. The van der Waals surface area contributed by atoms with Crippen LogP contribution < -0.4 is 19.5 Å². The largest absolute Gasteiger partial charge is 0.497 e. The van der Waals surface area contributed by atoms with E-state index in [9.17, 15) is 0 Å². The molecule has 1 saturated heterocycles. The van der Waals surface area contributed by atoms with E-state index in [1.807, 2.05) is 25.1 Å². The Kier molecular flexibility index (Phi) is 6.36. The Morgan fingerprint density at radius 2 is 1.62 bits per heavy atom. The topological polar surface area (TPSA) is 43.0 Å². The number of piperazine rings is 1. The van der Waals surface area contributed by atoms with Gasteiger partial charge in [0.15, 0.2) is 11.5 Å². The van der Waals surface area contributed by atoms with Gasteiger partial charge in [-0.05, 0) is 42.3 Å². The third-order valence-electron chi connectivity index (χ3n) is 4.75. The average molecular weight is 356 g/mol. The van der Waals surface area contributed by atoms with Crippen LogP contribution in [0.3, 0.4) is 0 Å². The van der Waals surface area contributed by atoms with Gasteiger partial charge in [0.2, 0.25) is 0 Å². The van der Waals surface area contributed by atoms with Crippen molar-refractivity contribution in [3.8, 4) is 17.2 Å². The summed E-state index contributed by atoms with van der Waals surface area (Å²) in [7, 11) is 3.37. The van der Waals surface area contributed by atoms with Gasteiger partial charge in [-0.2, -0.15) is 0 Å². The molecular weight excluding hydrogens is 328 g/mol. The van der Waals surface area contributed by atoms with E-state index in [0.717, 1.165) is 43.4 Å². The molecule has 0 bridgehead atoms. The number of ether oxygens (including phenoxy) is 3. The van der Waals surface area contributed by atoms with Gasteiger partial charge in [0.1, 0.15) is 5.75 Å². The Hall–Kier alpha value is -2.24. The summed E-state index contributed by atoms with van der Waals surface area (Å²) in [6.07, 6.45) is 0. The van der Waals surface area contributed by atoms with Crippen LogP contribution in [-0.2, 0) is 0 Å². The molecule has 1 N–H and O–H groups in total. The third kappa shape index (κ3) is 4.11. The second-order valence-electron chi connectivity index (χ2n) is 6.30. The molecule has 1 atom stereocenters. The van der Waals surface area contributed by atoms with Crippen molar-refractivity contribution in [2.24, 2.45) is 0 Å². The fraction of sp³-hybridized carbons (Fsp3) is 0.429. The molecule has 3 rings (SSSR count). The molecule has 0 spiro atoms. The van der Waals surface area contributed by atoms with Crippen molar-refractivity contribution in [3.63, 3.8) is 0 Å². The summed E-state index contributed by atoms with van der Waals surface area (Å²) in [5.41, 5.74) is 2.46. The van der Waals surface area contributed by atoms with Crippen LogP contribution in [0.1, 0.15) is 24.1 Å². The van der Waals surface area contributed by atoms with E-state index in [0.29, 0.717) is 6.61 Å². The van der Waals surface area contributed by atoms with Gasteiger partial charge in [-0.25, -0.2) is 0 Å². The van der Waals surface area contributed by atoms with E-state index < -0.39 is 0 Å². The van der Waals surface area contributed by atoms with Gasteiger partial charge in [0.25, 0.3) is 0 Å². The lowest BCUT2D eigenvalue weighted by Crippen LogP contribution is -2.45. The van der Waals surface area contributed by atoms with E-state index in [-0.39, 0.29) is 6.04 Å². The SMILES string of the molecule is CCOc1cc(C(c2ccc(OC)cc2)N2CCNCC2)ccc1OC. The number of benzene rings is 2. The lowest BCUT2D eigenvalue weighted by Gasteiger charge is -2.36. The maximum atomic E-state index is 5.80. The first-order chi connectivity index (χ1) is 12.8. The molecule has 0 saturated carbocycles. The first kappa shape index (κ1) is 18.5. The molecule has 2 aromatic carbocycles. The second kappa shape index (κ2) is 8.92. The van der Waals surface area contributed by atoms with Crippen molar-refractivity contribution in [2.45, 2.75) is 13.0 Å². The van der Waals surface area contributed by atoms with Crippen LogP contribution in [0.4, 0.5) is 0 Å². The third-order valence-corrected chi connectivity index (χ3v) is 4.75. The van der Waals surface area contributed by atoms with E-state index >= 15 is 0 Å². The highest BCUT2D eigenvalue weighted by atomic mass is 16.5. The van der Waals surface area contributed by atoms with Crippen LogP contribution in [0.5, 0.6) is 17.2 Å².